The van der Waals surface area contributed by atoms with E-state index in [4.69, 9.17) is 14.2 Å². The van der Waals surface area contributed by atoms with Crippen LogP contribution in [0.3, 0.4) is 0 Å². The van der Waals surface area contributed by atoms with Crippen molar-refractivity contribution >= 4 is 0 Å². The second-order valence-electron chi connectivity index (χ2n) is 11.4. The molecule has 6 unspecified atom stereocenters. The zero-order valence-electron chi connectivity index (χ0n) is 22.1. The highest BCUT2D eigenvalue weighted by Crippen LogP contribution is 2.48. The van der Waals surface area contributed by atoms with E-state index in [1.165, 1.54) is 32.1 Å². The molecule has 3 fully saturated rings. The molecule has 2 aromatic rings. The lowest BCUT2D eigenvalue weighted by atomic mass is 9.70. The Morgan fingerprint density at radius 1 is 1.00 bits per heavy atom. The van der Waals surface area contributed by atoms with Gasteiger partial charge in [0.1, 0.15) is 6.23 Å². The highest BCUT2D eigenvalue weighted by atomic mass is 16.5. The van der Waals surface area contributed by atoms with Crippen LogP contribution in [0.25, 0.3) is 0 Å². The molecule has 1 aliphatic heterocycles. The smallest absolute Gasteiger partial charge is 0.161 e. The van der Waals surface area contributed by atoms with Crippen molar-refractivity contribution in [1.82, 2.24) is 5.32 Å². The molecule has 5 nitrogen and oxygen atoms in total. The number of hydrogen-bond donors (Lipinski definition) is 2. The SMILES string of the molecule is COc1ccc(C2CNC(OCc3ccccc3)C2(C)[C@@H](C)O)cc1OC1CCC2CCCCC2C1. The maximum atomic E-state index is 11.0. The molecule has 2 aromatic carbocycles. The van der Waals surface area contributed by atoms with E-state index in [-0.39, 0.29) is 18.2 Å². The van der Waals surface area contributed by atoms with Gasteiger partial charge in [-0.25, -0.2) is 0 Å². The van der Waals surface area contributed by atoms with Crippen molar-refractivity contribution in [3.8, 4) is 11.5 Å². The predicted octanol–water partition coefficient (Wildman–Crippen LogP) is 6.05. The van der Waals surface area contributed by atoms with Gasteiger partial charge in [-0.3, -0.25) is 5.32 Å². The van der Waals surface area contributed by atoms with Crippen LogP contribution in [0.1, 0.15) is 75.8 Å². The van der Waals surface area contributed by atoms with Crippen LogP contribution >= 0.6 is 0 Å². The number of rotatable bonds is 8. The number of methoxy groups -OCH3 is 1. The molecule has 0 amide bonds. The van der Waals surface area contributed by atoms with Gasteiger partial charge in [0, 0.05) is 17.9 Å². The normalized spacial score (nSPS) is 33.1. The van der Waals surface area contributed by atoms with Gasteiger partial charge in [-0.05, 0) is 61.3 Å². The monoisotopic (exact) mass is 493 g/mol. The summed E-state index contributed by atoms with van der Waals surface area (Å²) in [6.45, 7) is 5.25. The lowest BCUT2D eigenvalue weighted by Crippen LogP contribution is -2.45. The maximum Gasteiger partial charge on any atom is 0.161 e. The summed E-state index contributed by atoms with van der Waals surface area (Å²) in [6, 6.07) is 16.5. The Kier molecular flexibility index (Phi) is 7.90. The molecule has 0 aromatic heterocycles. The van der Waals surface area contributed by atoms with Crippen LogP contribution < -0.4 is 14.8 Å². The fourth-order valence-corrected chi connectivity index (χ4v) is 6.95. The summed E-state index contributed by atoms with van der Waals surface area (Å²) in [7, 11) is 1.71. The molecule has 0 bridgehead atoms. The van der Waals surface area contributed by atoms with Gasteiger partial charge in [0.15, 0.2) is 11.5 Å². The molecular formula is C31H43NO4. The lowest BCUT2D eigenvalue weighted by Gasteiger charge is -2.40. The van der Waals surface area contributed by atoms with Crippen molar-refractivity contribution in [2.75, 3.05) is 13.7 Å². The summed E-state index contributed by atoms with van der Waals surface area (Å²) < 4.78 is 18.7. The quantitative estimate of drug-likeness (QED) is 0.469. The zero-order chi connectivity index (χ0) is 25.1. The molecule has 0 radical (unpaired) electrons. The van der Waals surface area contributed by atoms with Gasteiger partial charge in [-0.2, -0.15) is 0 Å². The maximum absolute atomic E-state index is 11.0. The molecule has 5 rings (SSSR count). The average molecular weight is 494 g/mol. The van der Waals surface area contributed by atoms with E-state index in [1.54, 1.807) is 7.11 Å². The first-order valence-corrected chi connectivity index (χ1v) is 13.9. The highest BCUT2D eigenvalue weighted by Gasteiger charge is 2.51. The molecule has 2 N–H and O–H groups in total. The van der Waals surface area contributed by atoms with Gasteiger partial charge >= 0.3 is 0 Å². The minimum absolute atomic E-state index is 0.0839. The third-order valence-corrected chi connectivity index (χ3v) is 9.36. The molecule has 2 saturated carbocycles. The van der Waals surface area contributed by atoms with Crippen LogP contribution in [-0.2, 0) is 11.3 Å². The van der Waals surface area contributed by atoms with E-state index in [9.17, 15) is 5.11 Å². The van der Waals surface area contributed by atoms with E-state index in [1.807, 2.05) is 31.2 Å². The van der Waals surface area contributed by atoms with Gasteiger partial charge in [-0.1, -0.05) is 69.0 Å². The summed E-state index contributed by atoms with van der Waals surface area (Å²) in [4.78, 5) is 0. The molecule has 2 aliphatic carbocycles. The van der Waals surface area contributed by atoms with Gasteiger partial charge in [0.05, 0.1) is 25.9 Å². The van der Waals surface area contributed by atoms with Crippen molar-refractivity contribution in [2.24, 2.45) is 17.3 Å². The Morgan fingerprint density at radius 2 is 1.78 bits per heavy atom. The molecule has 36 heavy (non-hydrogen) atoms. The first kappa shape index (κ1) is 25.6. The number of aliphatic hydroxyl groups excluding tert-OH is 1. The zero-order valence-corrected chi connectivity index (χ0v) is 22.1. The number of ether oxygens (including phenoxy) is 3. The summed E-state index contributed by atoms with van der Waals surface area (Å²) in [6.07, 6.45) is 8.53. The fourth-order valence-electron chi connectivity index (χ4n) is 6.95. The fraction of sp³-hybridized carbons (Fsp3) is 0.613. The van der Waals surface area contributed by atoms with Crippen LogP contribution in [0.2, 0.25) is 0 Å². The van der Waals surface area contributed by atoms with E-state index >= 15 is 0 Å². The topological polar surface area (TPSA) is 60.0 Å². The van der Waals surface area contributed by atoms with Crippen LogP contribution in [0.5, 0.6) is 11.5 Å². The Bertz CT molecular complexity index is 995. The number of nitrogens with one attached hydrogen (secondary N) is 1. The third kappa shape index (κ3) is 5.16. The number of fused-ring (bicyclic) bond motifs is 1. The van der Waals surface area contributed by atoms with E-state index in [0.29, 0.717) is 6.61 Å². The Balaban J connectivity index is 1.33. The van der Waals surface area contributed by atoms with Crippen molar-refractivity contribution < 1.29 is 19.3 Å². The average Bonchev–Trinajstić information content (AvgIpc) is 3.25. The minimum atomic E-state index is -0.550. The van der Waals surface area contributed by atoms with Gasteiger partial charge in [-0.15, -0.1) is 0 Å². The van der Waals surface area contributed by atoms with Crippen molar-refractivity contribution in [1.29, 1.82) is 0 Å². The third-order valence-electron chi connectivity index (χ3n) is 9.36. The lowest BCUT2D eigenvalue weighted by molar-refractivity contribution is -0.0917. The molecule has 7 atom stereocenters. The van der Waals surface area contributed by atoms with Crippen LogP contribution in [0, 0.1) is 17.3 Å². The number of hydrogen-bond acceptors (Lipinski definition) is 5. The number of aliphatic hydroxyl groups is 1. The molecule has 5 heteroatoms. The largest absolute Gasteiger partial charge is 0.493 e. The van der Waals surface area contributed by atoms with E-state index in [2.05, 4.69) is 36.5 Å². The van der Waals surface area contributed by atoms with Crippen molar-refractivity contribution in [3.63, 3.8) is 0 Å². The first-order valence-electron chi connectivity index (χ1n) is 13.9. The van der Waals surface area contributed by atoms with Gasteiger partial charge in [0.2, 0.25) is 0 Å². The summed E-state index contributed by atoms with van der Waals surface area (Å²) in [5, 5.41) is 14.5. The van der Waals surface area contributed by atoms with E-state index < -0.39 is 11.5 Å². The molecular weight excluding hydrogens is 450 g/mol. The second-order valence-corrected chi connectivity index (χ2v) is 11.4. The standard InChI is InChI=1S/C31H43NO4/c1-21(33)31(2)27(19-32-30(31)35-20-22-9-5-4-6-10-22)25-14-16-28(34-3)29(18-25)36-26-15-13-23-11-7-8-12-24(23)17-26/h4-6,9-10,14,16,18,21,23-24,26-27,30,32-33H,7-8,11-13,15,17,19-20H2,1-3H3/t21-,23?,24?,26?,27?,30?,31?/m1/s1. The molecule has 1 heterocycles. The molecule has 1 saturated heterocycles. The minimum Gasteiger partial charge on any atom is -0.493 e. The molecule has 196 valence electrons. The van der Waals surface area contributed by atoms with Crippen LogP contribution in [0.4, 0.5) is 0 Å². The predicted molar refractivity (Wildman–Crippen MR) is 142 cm³/mol. The summed E-state index contributed by atoms with van der Waals surface area (Å²) >= 11 is 0. The van der Waals surface area contributed by atoms with Gasteiger partial charge in [0.25, 0.3) is 0 Å². The Morgan fingerprint density at radius 3 is 2.53 bits per heavy atom. The Hall–Kier alpha value is -2.08. The second kappa shape index (κ2) is 11.1. The van der Waals surface area contributed by atoms with Crippen LogP contribution in [-0.4, -0.2) is 37.2 Å². The van der Waals surface area contributed by atoms with E-state index in [0.717, 1.165) is 53.8 Å². The number of benzene rings is 2. The van der Waals surface area contributed by atoms with Crippen molar-refractivity contribution in [2.45, 2.75) is 89.8 Å². The summed E-state index contributed by atoms with van der Waals surface area (Å²) in [5.74, 6) is 3.41. The molecule has 0 spiro atoms. The molecule has 3 aliphatic rings. The Labute approximate surface area is 216 Å². The first-order chi connectivity index (χ1) is 17.5. The summed E-state index contributed by atoms with van der Waals surface area (Å²) in [5.41, 5.74) is 1.79. The highest BCUT2D eigenvalue weighted by molar-refractivity contribution is 5.45. The van der Waals surface area contributed by atoms with Crippen molar-refractivity contribution in [3.05, 3.63) is 59.7 Å². The van der Waals surface area contributed by atoms with Gasteiger partial charge < -0.3 is 19.3 Å². The van der Waals surface area contributed by atoms with Crippen LogP contribution in [0.15, 0.2) is 48.5 Å².